The first-order chi connectivity index (χ1) is 8.23. The van der Waals surface area contributed by atoms with Crippen molar-refractivity contribution in [1.82, 2.24) is 4.90 Å². The summed E-state index contributed by atoms with van der Waals surface area (Å²) in [6.45, 7) is 3.85. The van der Waals surface area contributed by atoms with Crippen LogP contribution in [0.5, 0.6) is 0 Å². The number of carboxylic acid groups (broad SMARTS) is 1. The zero-order valence-electron chi connectivity index (χ0n) is 10.8. The molecule has 0 unspecified atom stereocenters. The molecule has 1 N–H and O–H groups in total. The summed E-state index contributed by atoms with van der Waals surface area (Å²) in [5, 5.41) is 9.01. The molecule has 0 bridgehead atoms. The average molecular weight is 267 g/mol. The van der Waals surface area contributed by atoms with Gasteiger partial charge in [0.1, 0.15) is 12.1 Å². The highest BCUT2D eigenvalue weighted by atomic mass is 19.3. The average Bonchev–Trinajstić information content (AvgIpc) is 2.24. The molecule has 0 saturated heterocycles. The van der Waals surface area contributed by atoms with Crippen molar-refractivity contribution < 1.29 is 28.2 Å². The maximum atomic E-state index is 11.8. The molecule has 0 aliphatic carbocycles. The molecule has 0 saturated carbocycles. The van der Waals surface area contributed by atoms with Crippen molar-refractivity contribution in [3.63, 3.8) is 0 Å². The highest BCUT2D eigenvalue weighted by molar-refractivity contribution is 5.86. The van der Waals surface area contributed by atoms with Gasteiger partial charge in [0.15, 0.2) is 0 Å². The molecule has 7 heteroatoms. The van der Waals surface area contributed by atoms with Crippen molar-refractivity contribution in [2.75, 3.05) is 19.8 Å². The molecule has 0 aliphatic rings. The predicted molar refractivity (Wildman–Crippen MR) is 60.5 cm³/mol. The summed E-state index contributed by atoms with van der Waals surface area (Å²) in [5.74, 6) is -1.55. The fraction of sp³-hybridized carbons (Fsp3) is 0.818. The molecular formula is C11H19F2NO4. The van der Waals surface area contributed by atoms with Gasteiger partial charge < -0.3 is 14.7 Å². The van der Waals surface area contributed by atoms with Crippen LogP contribution in [0.4, 0.5) is 8.78 Å². The van der Waals surface area contributed by atoms with Crippen LogP contribution in [0.2, 0.25) is 0 Å². The Balaban J connectivity index is 4.33. The Kier molecular flexibility index (Phi) is 6.75. The van der Waals surface area contributed by atoms with E-state index in [2.05, 4.69) is 4.74 Å². The number of halogens is 2. The second kappa shape index (κ2) is 7.25. The molecule has 0 radical (unpaired) electrons. The van der Waals surface area contributed by atoms with Crippen molar-refractivity contribution in [1.29, 1.82) is 0 Å². The van der Waals surface area contributed by atoms with Crippen LogP contribution in [0.25, 0.3) is 0 Å². The summed E-state index contributed by atoms with van der Waals surface area (Å²) in [6.07, 6.45) is -2.69. The molecule has 0 aromatic heterocycles. The number of ether oxygens (including phenoxy) is 1. The van der Waals surface area contributed by atoms with Gasteiger partial charge >= 0.3 is 5.97 Å². The van der Waals surface area contributed by atoms with Crippen LogP contribution in [0.3, 0.4) is 0 Å². The maximum Gasteiger partial charge on any atom is 0.329 e. The minimum Gasteiger partial charge on any atom is -0.480 e. The molecule has 0 fully saturated rings. The van der Waals surface area contributed by atoms with Gasteiger partial charge in [-0.3, -0.25) is 4.79 Å². The maximum absolute atomic E-state index is 11.8. The highest BCUT2D eigenvalue weighted by Gasteiger charge is 2.36. The number of aliphatic carboxylic acids is 1. The van der Waals surface area contributed by atoms with Gasteiger partial charge in [0.25, 0.3) is 6.43 Å². The Morgan fingerprint density at radius 1 is 1.39 bits per heavy atom. The standard InChI is InChI=1S/C11H19F2NO4/c1-4-14(11(2,3)10(16)17)9(15)5-6-18-7-8(12)13/h8H,4-7H2,1-3H3,(H,16,17). The molecule has 0 aromatic carbocycles. The number of carbonyl (C=O) groups excluding carboxylic acids is 1. The lowest BCUT2D eigenvalue weighted by Crippen LogP contribution is -2.53. The number of hydrogen-bond donors (Lipinski definition) is 1. The minimum atomic E-state index is -2.57. The van der Waals surface area contributed by atoms with Gasteiger partial charge in [-0.15, -0.1) is 0 Å². The van der Waals surface area contributed by atoms with Crippen LogP contribution >= 0.6 is 0 Å². The first-order valence-electron chi connectivity index (χ1n) is 5.63. The lowest BCUT2D eigenvalue weighted by atomic mass is 10.0. The molecule has 106 valence electrons. The van der Waals surface area contributed by atoms with Gasteiger partial charge in [0.05, 0.1) is 13.0 Å². The normalized spacial score (nSPS) is 11.7. The molecule has 5 nitrogen and oxygen atoms in total. The summed E-state index contributed by atoms with van der Waals surface area (Å²) in [6, 6.07) is 0. The van der Waals surface area contributed by atoms with E-state index < -0.39 is 30.4 Å². The topological polar surface area (TPSA) is 66.8 Å². The molecule has 0 atom stereocenters. The number of alkyl halides is 2. The van der Waals surface area contributed by atoms with Crippen molar-refractivity contribution in [2.24, 2.45) is 0 Å². The Hall–Kier alpha value is -1.24. The molecule has 0 heterocycles. The smallest absolute Gasteiger partial charge is 0.329 e. The first-order valence-corrected chi connectivity index (χ1v) is 5.63. The van der Waals surface area contributed by atoms with E-state index in [0.717, 1.165) is 0 Å². The van der Waals surface area contributed by atoms with E-state index >= 15 is 0 Å². The Bertz CT molecular complexity index is 295. The van der Waals surface area contributed by atoms with Crippen LogP contribution in [-0.2, 0) is 14.3 Å². The van der Waals surface area contributed by atoms with Crippen LogP contribution in [0.15, 0.2) is 0 Å². The highest BCUT2D eigenvalue weighted by Crippen LogP contribution is 2.15. The second-order valence-electron chi connectivity index (χ2n) is 4.22. The number of carbonyl (C=O) groups is 2. The zero-order chi connectivity index (χ0) is 14.3. The number of carboxylic acids is 1. The van der Waals surface area contributed by atoms with Crippen molar-refractivity contribution in [3.8, 4) is 0 Å². The largest absolute Gasteiger partial charge is 0.480 e. The number of nitrogens with zero attached hydrogens (tertiary/aromatic N) is 1. The van der Waals surface area contributed by atoms with Crippen LogP contribution in [-0.4, -0.2) is 53.6 Å². The molecule has 0 rings (SSSR count). The van der Waals surface area contributed by atoms with Crippen LogP contribution < -0.4 is 0 Å². The Morgan fingerprint density at radius 2 is 1.94 bits per heavy atom. The third-order valence-corrected chi connectivity index (χ3v) is 2.52. The third kappa shape index (κ3) is 4.95. The number of likely N-dealkylation sites (N-methyl/N-ethyl adjacent to an activating group) is 1. The molecule has 0 aliphatic heterocycles. The molecule has 1 amide bonds. The van der Waals surface area contributed by atoms with Gasteiger partial charge in [0.2, 0.25) is 5.91 Å². The summed E-state index contributed by atoms with van der Waals surface area (Å²) >= 11 is 0. The number of rotatable bonds is 8. The molecule has 0 aromatic rings. The van der Waals surface area contributed by atoms with E-state index in [1.807, 2.05) is 0 Å². The molecular weight excluding hydrogens is 248 g/mol. The van der Waals surface area contributed by atoms with Gasteiger partial charge in [-0.25, -0.2) is 13.6 Å². The fourth-order valence-electron chi connectivity index (χ4n) is 1.47. The van der Waals surface area contributed by atoms with E-state index in [4.69, 9.17) is 5.11 Å². The lowest BCUT2D eigenvalue weighted by Gasteiger charge is -2.34. The summed E-state index contributed by atoms with van der Waals surface area (Å²) in [5.41, 5.74) is -1.32. The summed E-state index contributed by atoms with van der Waals surface area (Å²) in [7, 11) is 0. The number of hydrogen-bond acceptors (Lipinski definition) is 3. The number of amides is 1. The zero-order valence-corrected chi connectivity index (χ0v) is 10.8. The van der Waals surface area contributed by atoms with Gasteiger partial charge in [0, 0.05) is 6.54 Å². The van der Waals surface area contributed by atoms with E-state index in [1.165, 1.54) is 18.7 Å². The van der Waals surface area contributed by atoms with E-state index in [0.29, 0.717) is 0 Å². The van der Waals surface area contributed by atoms with Crippen molar-refractivity contribution >= 4 is 11.9 Å². The SMILES string of the molecule is CCN(C(=O)CCOCC(F)F)C(C)(C)C(=O)O. The second-order valence-corrected chi connectivity index (χ2v) is 4.22. The lowest BCUT2D eigenvalue weighted by molar-refractivity contribution is -0.157. The van der Waals surface area contributed by atoms with Crippen LogP contribution in [0.1, 0.15) is 27.2 Å². The van der Waals surface area contributed by atoms with E-state index in [9.17, 15) is 18.4 Å². The van der Waals surface area contributed by atoms with Crippen molar-refractivity contribution in [2.45, 2.75) is 39.2 Å². The summed E-state index contributed by atoms with van der Waals surface area (Å²) in [4.78, 5) is 24.0. The monoisotopic (exact) mass is 267 g/mol. The Labute approximate surface area is 105 Å². The fourth-order valence-corrected chi connectivity index (χ4v) is 1.47. The van der Waals surface area contributed by atoms with Gasteiger partial charge in [-0.1, -0.05) is 0 Å². The molecule has 0 spiro atoms. The molecule has 18 heavy (non-hydrogen) atoms. The van der Waals surface area contributed by atoms with Crippen molar-refractivity contribution in [3.05, 3.63) is 0 Å². The minimum absolute atomic E-state index is 0.114. The van der Waals surface area contributed by atoms with E-state index in [-0.39, 0.29) is 19.6 Å². The predicted octanol–water partition coefficient (Wildman–Crippen LogP) is 1.37. The van der Waals surface area contributed by atoms with E-state index in [1.54, 1.807) is 6.92 Å². The quantitative estimate of drug-likeness (QED) is 0.674. The first kappa shape index (κ1) is 16.8. The van der Waals surface area contributed by atoms with Gasteiger partial charge in [-0.05, 0) is 20.8 Å². The Morgan fingerprint density at radius 3 is 2.33 bits per heavy atom. The van der Waals surface area contributed by atoms with Gasteiger partial charge in [-0.2, -0.15) is 0 Å². The third-order valence-electron chi connectivity index (χ3n) is 2.52. The van der Waals surface area contributed by atoms with Crippen LogP contribution in [0, 0.1) is 0 Å². The summed E-state index contributed by atoms with van der Waals surface area (Å²) < 4.78 is 28.2.